The molecule has 0 atom stereocenters. The molecule has 154 valence electrons. The zero-order chi connectivity index (χ0) is 20.9. The van der Waals surface area contributed by atoms with Crippen LogP contribution in [0.25, 0.3) is 0 Å². The summed E-state index contributed by atoms with van der Waals surface area (Å²) in [5.41, 5.74) is -0.635. The van der Waals surface area contributed by atoms with Crippen LogP contribution in [0.5, 0.6) is 17.2 Å². The minimum absolute atomic E-state index is 0.0634. The quantitative estimate of drug-likeness (QED) is 0.535. The van der Waals surface area contributed by atoms with E-state index < -0.39 is 11.7 Å². The third-order valence-corrected chi connectivity index (χ3v) is 3.91. The molecule has 0 aliphatic heterocycles. The summed E-state index contributed by atoms with van der Waals surface area (Å²) < 4.78 is 55.9. The molecule has 0 amide bonds. The Bertz CT molecular complexity index is 940. The Morgan fingerprint density at radius 2 is 1.66 bits per heavy atom. The minimum Gasteiger partial charge on any atom is -0.494 e. The maximum absolute atomic E-state index is 13.1. The summed E-state index contributed by atoms with van der Waals surface area (Å²) in [4.78, 5) is 0. The molecule has 2 aromatic carbocycles. The number of nitrogens with zero attached hydrogens (tertiary/aromatic N) is 2. The van der Waals surface area contributed by atoms with Gasteiger partial charge in [0, 0.05) is 6.42 Å². The molecule has 0 aliphatic carbocycles. The van der Waals surface area contributed by atoms with Gasteiger partial charge in [-0.05, 0) is 49.4 Å². The Hall–Kier alpha value is -3.23. The number of anilines is 1. The molecular formula is C20H20F3N3O3. The molecule has 3 rings (SSSR count). The fraction of sp³-hybridized carbons (Fsp3) is 0.300. The van der Waals surface area contributed by atoms with E-state index >= 15 is 0 Å². The van der Waals surface area contributed by atoms with Crippen molar-refractivity contribution in [1.82, 2.24) is 10.2 Å². The second-order valence-corrected chi connectivity index (χ2v) is 6.01. The molecule has 0 unspecified atom stereocenters. The number of benzene rings is 2. The molecule has 1 heterocycles. The monoisotopic (exact) mass is 407 g/mol. The lowest BCUT2D eigenvalue weighted by Gasteiger charge is -2.15. The fourth-order valence-corrected chi connectivity index (χ4v) is 2.50. The van der Waals surface area contributed by atoms with Crippen LogP contribution in [0.4, 0.5) is 18.9 Å². The van der Waals surface area contributed by atoms with Crippen LogP contribution in [0.1, 0.15) is 31.2 Å². The highest BCUT2D eigenvalue weighted by molar-refractivity contribution is 5.59. The van der Waals surface area contributed by atoms with Crippen molar-refractivity contribution in [2.75, 3.05) is 11.9 Å². The van der Waals surface area contributed by atoms with Crippen molar-refractivity contribution in [2.45, 2.75) is 33.0 Å². The minimum atomic E-state index is -4.48. The maximum Gasteiger partial charge on any atom is 0.416 e. The first-order valence-electron chi connectivity index (χ1n) is 9.06. The van der Waals surface area contributed by atoms with E-state index in [0.29, 0.717) is 30.4 Å². The highest BCUT2D eigenvalue weighted by atomic mass is 19.4. The van der Waals surface area contributed by atoms with Crippen molar-refractivity contribution < 1.29 is 27.1 Å². The van der Waals surface area contributed by atoms with Gasteiger partial charge in [0.2, 0.25) is 11.8 Å². The molecule has 29 heavy (non-hydrogen) atoms. The molecule has 0 saturated carbocycles. The molecule has 0 spiro atoms. The van der Waals surface area contributed by atoms with Crippen LogP contribution in [0, 0.1) is 0 Å². The fourth-order valence-electron chi connectivity index (χ4n) is 2.50. The molecule has 9 heteroatoms. The normalized spacial score (nSPS) is 11.3. The zero-order valence-electron chi connectivity index (χ0n) is 15.9. The van der Waals surface area contributed by atoms with Gasteiger partial charge in [-0.25, -0.2) is 0 Å². The first-order chi connectivity index (χ1) is 13.9. The van der Waals surface area contributed by atoms with Crippen LogP contribution in [-0.4, -0.2) is 16.8 Å². The van der Waals surface area contributed by atoms with Gasteiger partial charge in [-0.2, -0.15) is 13.2 Å². The number of halogens is 3. The SMILES string of the molecule is CCOc1ccc(Oc2ccc(C(F)(F)F)cc2NCc2nnc(CC)o2)cc1. The van der Waals surface area contributed by atoms with Crippen LogP contribution >= 0.6 is 0 Å². The van der Waals surface area contributed by atoms with Gasteiger partial charge in [0.25, 0.3) is 0 Å². The molecule has 3 aromatic rings. The van der Waals surface area contributed by atoms with E-state index in [0.717, 1.165) is 12.1 Å². The lowest BCUT2D eigenvalue weighted by atomic mass is 10.1. The molecule has 0 bridgehead atoms. The largest absolute Gasteiger partial charge is 0.494 e. The van der Waals surface area contributed by atoms with Crippen LogP contribution in [-0.2, 0) is 19.1 Å². The van der Waals surface area contributed by atoms with Gasteiger partial charge in [0.15, 0.2) is 5.75 Å². The van der Waals surface area contributed by atoms with E-state index in [9.17, 15) is 13.2 Å². The summed E-state index contributed by atoms with van der Waals surface area (Å²) in [7, 11) is 0. The molecule has 0 aliphatic rings. The first kappa shape index (κ1) is 20.5. The Morgan fingerprint density at radius 3 is 2.28 bits per heavy atom. The van der Waals surface area contributed by atoms with Crippen molar-refractivity contribution in [3.63, 3.8) is 0 Å². The number of aromatic nitrogens is 2. The van der Waals surface area contributed by atoms with Crippen molar-refractivity contribution >= 4 is 5.69 Å². The third-order valence-electron chi connectivity index (χ3n) is 3.91. The summed E-state index contributed by atoms with van der Waals surface area (Å²) in [5, 5.41) is 10.6. The van der Waals surface area contributed by atoms with E-state index in [4.69, 9.17) is 13.9 Å². The second kappa shape index (κ2) is 8.85. The number of ether oxygens (including phenoxy) is 2. The van der Waals surface area contributed by atoms with Gasteiger partial charge >= 0.3 is 6.18 Å². The van der Waals surface area contributed by atoms with Crippen LogP contribution in [0.3, 0.4) is 0 Å². The number of hydrogen-bond donors (Lipinski definition) is 1. The van der Waals surface area contributed by atoms with Gasteiger partial charge in [-0.1, -0.05) is 6.92 Å². The zero-order valence-corrected chi connectivity index (χ0v) is 15.9. The van der Waals surface area contributed by atoms with Crippen molar-refractivity contribution in [3.05, 3.63) is 59.8 Å². The number of aryl methyl sites for hydroxylation is 1. The van der Waals surface area contributed by atoms with Crippen molar-refractivity contribution in [1.29, 1.82) is 0 Å². The summed E-state index contributed by atoms with van der Waals surface area (Å²) in [6, 6.07) is 10.0. The average Bonchev–Trinajstić information content (AvgIpc) is 3.16. The smallest absolute Gasteiger partial charge is 0.416 e. The van der Waals surface area contributed by atoms with Gasteiger partial charge in [0.05, 0.1) is 24.4 Å². The number of alkyl halides is 3. The standard InChI is InChI=1S/C20H20F3N3O3/c1-3-18-25-26-19(29-18)12-24-16-11-13(20(21,22)23)5-10-17(16)28-15-8-6-14(7-9-15)27-4-2/h5-11,24H,3-4,12H2,1-2H3. The molecule has 0 radical (unpaired) electrons. The predicted molar refractivity (Wildman–Crippen MR) is 100 cm³/mol. The number of nitrogens with one attached hydrogen (secondary N) is 1. The average molecular weight is 407 g/mol. The van der Waals surface area contributed by atoms with Crippen molar-refractivity contribution in [3.8, 4) is 17.2 Å². The second-order valence-electron chi connectivity index (χ2n) is 6.01. The molecule has 6 nitrogen and oxygen atoms in total. The Labute approximate surface area is 165 Å². The lowest BCUT2D eigenvalue weighted by Crippen LogP contribution is -2.08. The molecule has 1 aromatic heterocycles. The van der Waals surface area contributed by atoms with E-state index in [1.165, 1.54) is 6.07 Å². The third kappa shape index (κ3) is 5.40. The predicted octanol–water partition coefficient (Wildman–Crippen LogP) is 5.45. The molecule has 0 fully saturated rings. The van der Waals surface area contributed by atoms with E-state index in [1.54, 1.807) is 24.3 Å². The van der Waals surface area contributed by atoms with E-state index in [1.807, 2.05) is 13.8 Å². The topological polar surface area (TPSA) is 69.4 Å². The molecule has 0 saturated heterocycles. The number of rotatable bonds is 8. The summed E-state index contributed by atoms with van der Waals surface area (Å²) >= 11 is 0. The van der Waals surface area contributed by atoms with Crippen molar-refractivity contribution in [2.24, 2.45) is 0 Å². The molecular weight excluding hydrogens is 387 g/mol. The summed E-state index contributed by atoms with van der Waals surface area (Å²) in [6.07, 6.45) is -3.91. The Balaban J connectivity index is 1.82. The van der Waals surface area contributed by atoms with Crippen LogP contribution in [0.15, 0.2) is 46.9 Å². The summed E-state index contributed by atoms with van der Waals surface area (Å²) in [6.45, 7) is 4.33. The van der Waals surface area contributed by atoms with E-state index in [2.05, 4.69) is 15.5 Å². The lowest BCUT2D eigenvalue weighted by molar-refractivity contribution is -0.137. The Kier molecular flexibility index (Phi) is 6.26. The van der Waals surface area contributed by atoms with Crippen LogP contribution < -0.4 is 14.8 Å². The molecule has 1 N–H and O–H groups in total. The van der Waals surface area contributed by atoms with Gasteiger partial charge in [-0.3, -0.25) is 0 Å². The van der Waals surface area contributed by atoms with Gasteiger partial charge < -0.3 is 19.2 Å². The maximum atomic E-state index is 13.1. The van der Waals surface area contributed by atoms with Crippen LogP contribution in [0.2, 0.25) is 0 Å². The van der Waals surface area contributed by atoms with Gasteiger partial charge in [0.1, 0.15) is 11.5 Å². The highest BCUT2D eigenvalue weighted by Crippen LogP contribution is 2.37. The number of hydrogen-bond acceptors (Lipinski definition) is 6. The highest BCUT2D eigenvalue weighted by Gasteiger charge is 2.31. The first-order valence-corrected chi connectivity index (χ1v) is 9.06. The van der Waals surface area contributed by atoms with E-state index in [-0.39, 0.29) is 23.9 Å². The van der Waals surface area contributed by atoms with Gasteiger partial charge in [-0.15, -0.1) is 10.2 Å². The summed E-state index contributed by atoms with van der Waals surface area (Å²) in [5.74, 6) is 2.09. The Morgan fingerprint density at radius 1 is 0.966 bits per heavy atom.